The zero-order valence-electron chi connectivity index (χ0n) is 20.3. The summed E-state index contributed by atoms with van der Waals surface area (Å²) in [5, 5.41) is 4.37. The molecule has 1 saturated heterocycles. The Morgan fingerprint density at radius 3 is 2.41 bits per heavy atom. The zero-order valence-corrected chi connectivity index (χ0v) is 20.3. The Kier molecular flexibility index (Phi) is 7.53. The third-order valence-electron chi connectivity index (χ3n) is 8.18. The Labute approximate surface area is 203 Å². The summed E-state index contributed by atoms with van der Waals surface area (Å²) in [6, 6.07) is 8.60. The van der Waals surface area contributed by atoms with Gasteiger partial charge in [0.2, 0.25) is 5.91 Å². The van der Waals surface area contributed by atoms with Crippen LogP contribution in [0.1, 0.15) is 74.6 Å². The van der Waals surface area contributed by atoms with Gasteiger partial charge in [0.1, 0.15) is 0 Å². The molecule has 2 saturated carbocycles. The highest BCUT2D eigenvalue weighted by Crippen LogP contribution is 2.30. The molecule has 2 heterocycles. The number of ether oxygens (including phenoxy) is 1. The van der Waals surface area contributed by atoms with Crippen molar-refractivity contribution in [2.45, 2.75) is 76.8 Å². The fraction of sp³-hybridized carbons (Fsp3) is 0.643. The summed E-state index contributed by atoms with van der Waals surface area (Å²) in [6.45, 7) is 3.49. The van der Waals surface area contributed by atoms with Gasteiger partial charge >= 0.3 is 0 Å². The molecule has 6 nitrogen and oxygen atoms in total. The van der Waals surface area contributed by atoms with E-state index < -0.39 is 0 Å². The maximum absolute atomic E-state index is 13.2. The summed E-state index contributed by atoms with van der Waals surface area (Å²) in [6.07, 6.45) is 13.5. The molecule has 1 aromatic carbocycles. The van der Waals surface area contributed by atoms with E-state index in [2.05, 4.69) is 34.3 Å². The van der Waals surface area contributed by atoms with Gasteiger partial charge in [-0.1, -0.05) is 37.5 Å². The first-order valence-corrected chi connectivity index (χ1v) is 13.4. The van der Waals surface area contributed by atoms with Gasteiger partial charge < -0.3 is 19.5 Å². The minimum atomic E-state index is 0.114. The summed E-state index contributed by atoms with van der Waals surface area (Å²) in [4.78, 5) is 27.7. The van der Waals surface area contributed by atoms with Crippen LogP contribution >= 0.6 is 0 Å². The Balaban J connectivity index is 1.17. The van der Waals surface area contributed by atoms with Crippen LogP contribution < -0.4 is 5.32 Å². The van der Waals surface area contributed by atoms with Crippen molar-refractivity contribution in [3.05, 3.63) is 36.0 Å². The number of benzene rings is 1. The van der Waals surface area contributed by atoms with E-state index in [9.17, 15) is 9.59 Å². The Morgan fingerprint density at radius 1 is 0.912 bits per heavy atom. The topological polar surface area (TPSA) is 63.6 Å². The van der Waals surface area contributed by atoms with Crippen molar-refractivity contribution in [1.82, 2.24) is 14.8 Å². The maximum atomic E-state index is 13.2. The second kappa shape index (κ2) is 10.9. The molecule has 0 radical (unpaired) electrons. The van der Waals surface area contributed by atoms with E-state index >= 15 is 0 Å². The number of morpholine rings is 1. The van der Waals surface area contributed by atoms with Crippen LogP contribution in [0, 0.1) is 11.8 Å². The first-order valence-electron chi connectivity index (χ1n) is 13.4. The molecule has 0 unspecified atom stereocenters. The van der Waals surface area contributed by atoms with E-state index in [0.29, 0.717) is 44.2 Å². The highest BCUT2D eigenvalue weighted by molar-refractivity contribution is 6.07. The molecule has 0 bridgehead atoms. The van der Waals surface area contributed by atoms with Crippen LogP contribution in [-0.4, -0.2) is 53.6 Å². The number of hydrogen-bond acceptors (Lipinski definition) is 3. The van der Waals surface area contributed by atoms with Gasteiger partial charge in [-0.25, -0.2) is 0 Å². The minimum absolute atomic E-state index is 0.114. The van der Waals surface area contributed by atoms with Crippen LogP contribution in [0.25, 0.3) is 10.9 Å². The summed E-state index contributed by atoms with van der Waals surface area (Å²) < 4.78 is 7.71. The third-order valence-corrected chi connectivity index (χ3v) is 8.18. The summed E-state index contributed by atoms with van der Waals surface area (Å²) in [7, 11) is 0. The number of para-hydroxylation sites is 1. The molecule has 2 aliphatic carbocycles. The van der Waals surface area contributed by atoms with Crippen LogP contribution in [0.4, 0.5) is 0 Å². The number of fused-ring (bicyclic) bond motifs is 1. The van der Waals surface area contributed by atoms with Crippen molar-refractivity contribution in [2.75, 3.05) is 26.3 Å². The van der Waals surface area contributed by atoms with E-state index in [1.54, 1.807) is 0 Å². The minimum Gasteiger partial charge on any atom is -0.378 e. The van der Waals surface area contributed by atoms with Crippen LogP contribution in [-0.2, 0) is 16.1 Å². The Hall–Kier alpha value is -2.34. The number of nitrogens with zero attached hydrogens (tertiary/aromatic N) is 2. The summed E-state index contributed by atoms with van der Waals surface area (Å²) in [5.41, 5.74) is 1.95. The van der Waals surface area contributed by atoms with Crippen LogP contribution in [0.5, 0.6) is 0 Å². The van der Waals surface area contributed by atoms with Crippen molar-refractivity contribution in [2.24, 2.45) is 11.8 Å². The smallest absolute Gasteiger partial charge is 0.256 e. The predicted molar refractivity (Wildman–Crippen MR) is 134 cm³/mol. The highest BCUT2D eigenvalue weighted by atomic mass is 16.5. The molecule has 6 heteroatoms. The summed E-state index contributed by atoms with van der Waals surface area (Å²) >= 11 is 0. The molecule has 0 spiro atoms. The second-order valence-corrected chi connectivity index (χ2v) is 10.6. The van der Waals surface area contributed by atoms with Gasteiger partial charge in [-0.3, -0.25) is 9.59 Å². The molecule has 2 aromatic rings. The van der Waals surface area contributed by atoms with Crippen molar-refractivity contribution < 1.29 is 14.3 Å². The number of hydrogen-bond donors (Lipinski definition) is 1. The average Bonchev–Trinajstić information content (AvgIpc) is 3.24. The number of carbonyl (C=O) groups excluding carboxylic acids is 2. The largest absolute Gasteiger partial charge is 0.378 e. The van der Waals surface area contributed by atoms with E-state index in [-0.39, 0.29) is 11.8 Å². The normalized spacial score (nSPS) is 24.3. The zero-order chi connectivity index (χ0) is 23.3. The SMILES string of the molecule is O=C(CC1CCCCC1)NC1CCC(Cn2cc(C(=O)N3CCOCC3)c3ccccc32)CC1. The lowest BCUT2D eigenvalue weighted by atomic mass is 9.85. The van der Waals surface area contributed by atoms with Crippen molar-refractivity contribution >= 4 is 22.7 Å². The molecule has 1 N–H and O–H groups in total. The molecule has 2 amide bonds. The monoisotopic (exact) mass is 465 g/mol. The molecule has 5 rings (SSSR count). The van der Waals surface area contributed by atoms with Crippen LogP contribution in [0.15, 0.2) is 30.5 Å². The van der Waals surface area contributed by atoms with Crippen LogP contribution in [0.3, 0.4) is 0 Å². The molecule has 3 aliphatic rings. The highest BCUT2D eigenvalue weighted by Gasteiger charge is 2.26. The summed E-state index contributed by atoms with van der Waals surface area (Å²) in [5.74, 6) is 1.55. The van der Waals surface area contributed by atoms with Gasteiger partial charge in [-0.2, -0.15) is 0 Å². The number of rotatable bonds is 6. The molecular weight excluding hydrogens is 426 g/mol. The lowest BCUT2D eigenvalue weighted by molar-refractivity contribution is -0.123. The molecule has 34 heavy (non-hydrogen) atoms. The average molecular weight is 466 g/mol. The molecule has 3 fully saturated rings. The van der Waals surface area contributed by atoms with E-state index in [1.807, 2.05) is 11.0 Å². The van der Waals surface area contributed by atoms with Crippen molar-refractivity contribution in [3.63, 3.8) is 0 Å². The third kappa shape index (κ3) is 5.48. The van der Waals surface area contributed by atoms with Gasteiger partial charge in [0, 0.05) is 49.2 Å². The molecule has 184 valence electrons. The number of aromatic nitrogens is 1. The molecule has 0 atom stereocenters. The Bertz CT molecular complexity index is 980. The number of amides is 2. The van der Waals surface area contributed by atoms with E-state index in [1.165, 1.54) is 32.1 Å². The van der Waals surface area contributed by atoms with Crippen molar-refractivity contribution in [1.29, 1.82) is 0 Å². The number of carbonyl (C=O) groups is 2. The van der Waals surface area contributed by atoms with Gasteiger partial charge in [-0.05, 0) is 56.4 Å². The number of nitrogens with one attached hydrogen (secondary N) is 1. The van der Waals surface area contributed by atoms with Gasteiger partial charge in [0.25, 0.3) is 5.91 Å². The molecule has 1 aliphatic heterocycles. The fourth-order valence-electron chi connectivity index (χ4n) is 6.21. The second-order valence-electron chi connectivity index (χ2n) is 10.6. The van der Waals surface area contributed by atoms with Gasteiger partial charge in [-0.15, -0.1) is 0 Å². The fourth-order valence-corrected chi connectivity index (χ4v) is 6.21. The quantitative estimate of drug-likeness (QED) is 0.669. The standard InChI is InChI=1S/C28H39N3O3/c32-27(18-21-6-2-1-3-7-21)29-23-12-10-22(11-13-23)19-31-20-25(24-8-4-5-9-26(24)31)28(33)30-14-16-34-17-15-30/h4-5,8-9,20-23H,1-3,6-7,10-19H2,(H,29,32). The lowest BCUT2D eigenvalue weighted by Crippen LogP contribution is -2.40. The molecular formula is C28H39N3O3. The lowest BCUT2D eigenvalue weighted by Gasteiger charge is -2.30. The van der Waals surface area contributed by atoms with Gasteiger partial charge in [0.15, 0.2) is 0 Å². The first kappa shape index (κ1) is 23.4. The van der Waals surface area contributed by atoms with Crippen LogP contribution in [0.2, 0.25) is 0 Å². The van der Waals surface area contributed by atoms with E-state index in [4.69, 9.17) is 4.74 Å². The first-order chi connectivity index (χ1) is 16.7. The Morgan fingerprint density at radius 2 is 1.65 bits per heavy atom. The molecule has 1 aromatic heterocycles. The van der Waals surface area contributed by atoms with Crippen molar-refractivity contribution in [3.8, 4) is 0 Å². The maximum Gasteiger partial charge on any atom is 0.256 e. The van der Waals surface area contributed by atoms with E-state index in [0.717, 1.165) is 55.1 Å². The predicted octanol–water partition coefficient (Wildman–Crippen LogP) is 4.76. The van der Waals surface area contributed by atoms with Gasteiger partial charge in [0.05, 0.1) is 18.8 Å².